The highest BCUT2D eigenvalue weighted by Crippen LogP contribution is 2.34. The van der Waals surface area contributed by atoms with E-state index in [0.29, 0.717) is 24.8 Å². The molecule has 1 heterocycles. The number of nitrogens with two attached hydrogens (primary N) is 1. The Morgan fingerprint density at radius 2 is 1.79 bits per heavy atom. The van der Waals surface area contributed by atoms with Crippen LogP contribution in [0.15, 0.2) is 0 Å². The maximum Gasteiger partial charge on any atom is 0.245 e. The van der Waals surface area contributed by atoms with Gasteiger partial charge in [-0.1, -0.05) is 32.1 Å². The number of aliphatic hydroxyl groups is 1. The van der Waals surface area contributed by atoms with E-state index in [1.807, 2.05) is 0 Å². The number of Topliss-reactive ketones (excluding diaryl/α,β-unsaturated/α-hetero) is 1. The molecule has 1 saturated carbocycles. The molecule has 0 aromatic heterocycles. The lowest BCUT2D eigenvalue weighted by atomic mass is 9.74. The van der Waals surface area contributed by atoms with E-state index in [1.54, 1.807) is 0 Å². The van der Waals surface area contributed by atoms with Crippen molar-refractivity contribution < 1.29 is 19.5 Å². The molecule has 2 aliphatic rings. The third kappa shape index (κ3) is 7.04. The molecule has 2 amide bonds. The van der Waals surface area contributed by atoms with Crippen LogP contribution in [0.5, 0.6) is 0 Å². The molecule has 1 aliphatic heterocycles. The Morgan fingerprint density at radius 1 is 1.10 bits per heavy atom. The van der Waals surface area contributed by atoms with E-state index < -0.39 is 24.1 Å². The number of carbonyl (C=O) groups is 3. The number of amides is 2. The molecule has 8 nitrogen and oxygen atoms in total. The lowest BCUT2D eigenvalue weighted by Crippen LogP contribution is -2.57. The van der Waals surface area contributed by atoms with E-state index in [1.165, 1.54) is 46.0 Å². The second kappa shape index (κ2) is 11.6. The predicted octanol–water partition coefficient (Wildman–Crippen LogP) is 0.0806. The third-order valence-corrected chi connectivity index (χ3v) is 6.40. The average molecular weight is 411 g/mol. The lowest BCUT2D eigenvalue weighted by molar-refractivity contribution is -0.135. The van der Waals surface area contributed by atoms with Gasteiger partial charge in [0.25, 0.3) is 0 Å². The van der Waals surface area contributed by atoms with Gasteiger partial charge in [0.1, 0.15) is 6.04 Å². The van der Waals surface area contributed by atoms with E-state index in [9.17, 15) is 19.5 Å². The average Bonchev–Trinajstić information content (AvgIpc) is 2.71. The van der Waals surface area contributed by atoms with Gasteiger partial charge in [-0.15, -0.1) is 0 Å². The van der Waals surface area contributed by atoms with Gasteiger partial charge in [-0.3, -0.25) is 14.4 Å². The fourth-order valence-corrected chi connectivity index (χ4v) is 4.62. The first-order valence-electron chi connectivity index (χ1n) is 11.0. The van der Waals surface area contributed by atoms with Crippen molar-refractivity contribution in [1.82, 2.24) is 16.0 Å². The largest absolute Gasteiger partial charge is 0.391 e. The summed E-state index contributed by atoms with van der Waals surface area (Å²) in [7, 11) is 0. The molecule has 1 saturated heterocycles. The smallest absolute Gasteiger partial charge is 0.245 e. The fourth-order valence-electron chi connectivity index (χ4n) is 4.62. The number of rotatable bonds is 9. The second-order valence-electron chi connectivity index (χ2n) is 8.73. The molecular formula is C21H38N4O4. The van der Waals surface area contributed by atoms with Gasteiger partial charge in [0.2, 0.25) is 11.8 Å². The Labute approximate surface area is 173 Å². The van der Waals surface area contributed by atoms with Gasteiger partial charge in [-0.05, 0) is 51.6 Å². The predicted molar refractivity (Wildman–Crippen MR) is 111 cm³/mol. The van der Waals surface area contributed by atoms with E-state index in [-0.39, 0.29) is 24.2 Å². The fraction of sp³-hybridized carbons (Fsp3) is 0.857. The number of hydrogen-bond donors (Lipinski definition) is 5. The minimum atomic E-state index is -1.10. The monoisotopic (exact) mass is 410 g/mol. The zero-order valence-electron chi connectivity index (χ0n) is 17.8. The van der Waals surface area contributed by atoms with Crippen molar-refractivity contribution in [2.24, 2.45) is 23.5 Å². The van der Waals surface area contributed by atoms with Crippen molar-refractivity contribution in [3.05, 3.63) is 0 Å². The van der Waals surface area contributed by atoms with Crippen LogP contribution in [-0.2, 0) is 14.4 Å². The highest BCUT2D eigenvalue weighted by atomic mass is 16.3. The maximum absolute atomic E-state index is 12.9. The van der Waals surface area contributed by atoms with Crippen LogP contribution in [0.3, 0.4) is 0 Å². The van der Waals surface area contributed by atoms with Crippen LogP contribution < -0.4 is 21.7 Å². The molecule has 0 aromatic rings. The molecule has 5 atom stereocenters. The quantitative estimate of drug-likeness (QED) is 0.366. The van der Waals surface area contributed by atoms with Crippen molar-refractivity contribution >= 4 is 17.6 Å². The molecule has 0 aromatic carbocycles. The van der Waals surface area contributed by atoms with Crippen LogP contribution >= 0.6 is 0 Å². The van der Waals surface area contributed by atoms with E-state index in [4.69, 9.17) is 5.73 Å². The van der Waals surface area contributed by atoms with Crippen molar-refractivity contribution in [3.8, 4) is 0 Å². The highest BCUT2D eigenvalue weighted by Gasteiger charge is 2.35. The number of piperidine rings is 1. The summed E-state index contributed by atoms with van der Waals surface area (Å²) in [6.45, 7) is 4.61. The molecule has 2 fully saturated rings. The van der Waals surface area contributed by atoms with E-state index in [0.717, 1.165) is 13.0 Å². The summed E-state index contributed by atoms with van der Waals surface area (Å²) in [4.78, 5) is 37.2. The van der Waals surface area contributed by atoms with Crippen LogP contribution in [0.1, 0.15) is 58.8 Å². The molecule has 1 aliphatic carbocycles. The molecule has 6 N–H and O–H groups in total. The van der Waals surface area contributed by atoms with Crippen molar-refractivity contribution in [2.45, 2.75) is 77.0 Å². The molecule has 0 radical (unpaired) electrons. The van der Waals surface area contributed by atoms with Gasteiger partial charge in [0.15, 0.2) is 5.78 Å². The Kier molecular flexibility index (Phi) is 9.52. The van der Waals surface area contributed by atoms with Crippen LogP contribution in [0.4, 0.5) is 0 Å². The summed E-state index contributed by atoms with van der Waals surface area (Å²) in [5.74, 6) is -0.0731. The number of carbonyl (C=O) groups excluding carboxylic acids is 3. The number of hydrogen-bond acceptors (Lipinski definition) is 6. The van der Waals surface area contributed by atoms with Crippen LogP contribution in [-0.4, -0.2) is 60.5 Å². The molecule has 0 unspecified atom stereocenters. The molecule has 8 heteroatoms. The summed E-state index contributed by atoms with van der Waals surface area (Å²) in [5.41, 5.74) is 5.50. The summed E-state index contributed by atoms with van der Waals surface area (Å²) in [5, 5.41) is 18.8. The van der Waals surface area contributed by atoms with Gasteiger partial charge in [0.05, 0.1) is 18.1 Å². The Balaban J connectivity index is 1.95. The molecular weight excluding hydrogens is 372 g/mol. The van der Waals surface area contributed by atoms with Crippen molar-refractivity contribution in [3.63, 3.8) is 0 Å². The third-order valence-electron chi connectivity index (χ3n) is 6.40. The first kappa shape index (κ1) is 23.8. The zero-order chi connectivity index (χ0) is 21.4. The lowest BCUT2D eigenvalue weighted by Gasteiger charge is -2.37. The summed E-state index contributed by atoms with van der Waals surface area (Å²) < 4.78 is 0. The first-order chi connectivity index (χ1) is 13.8. The van der Waals surface area contributed by atoms with Crippen LogP contribution in [0.2, 0.25) is 0 Å². The van der Waals surface area contributed by atoms with Crippen molar-refractivity contribution in [2.75, 3.05) is 19.6 Å². The topological polar surface area (TPSA) is 134 Å². The Hall–Kier alpha value is -1.51. The minimum Gasteiger partial charge on any atom is -0.391 e. The Bertz CT molecular complexity index is 563. The number of ketones is 1. The van der Waals surface area contributed by atoms with E-state index >= 15 is 0 Å². The van der Waals surface area contributed by atoms with Gasteiger partial charge in [-0.25, -0.2) is 0 Å². The number of aliphatic hydroxyl groups excluding tert-OH is 1. The van der Waals surface area contributed by atoms with Crippen LogP contribution in [0, 0.1) is 17.8 Å². The first-order valence-corrected chi connectivity index (χ1v) is 11.0. The van der Waals surface area contributed by atoms with Crippen LogP contribution in [0.25, 0.3) is 0 Å². The zero-order valence-corrected chi connectivity index (χ0v) is 17.8. The van der Waals surface area contributed by atoms with Gasteiger partial charge in [-0.2, -0.15) is 0 Å². The van der Waals surface area contributed by atoms with Crippen molar-refractivity contribution in [1.29, 1.82) is 0 Å². The molecule has 166 valence electrons. The number of nitrogens with one attached hydrogen (secondary N) is 3. The van der Waals surface area contributed by atoms with Gasteiger partial charge in [0, 0.05) is 6.54 Å². The Morgan fingerprint density at radius 3 is 2.38 bits per heavy atom. The highest BCUT2D eigenvalue weighted by molar-refractivity contribution is 5.92. The summed E-state index contributed by atoms with van der Waals surface area (Å²) in [6, 6.07) is -1.81. The van der Waals surface area contributed by atoms with Gasteiger partial charge >= 0.3 is 0 Å². The second-order valence-corrected chi connectivity index (χ2v) is 8.73. The maximum atomic E-state index is 12.9. The standard InChI is InChI=1S/C21H38N4O4/c1-13(26)18(8-9-22)24-21(29)19(14(2)27)25-20(28)17-10-16(11-23-12-17)15-6-4-3-5-7-15/h14-19,23,27H,3-12,22H2,1-2H3,(H,24,29)(H,25,28)/t14-,16-,17-,18-,19-/m0/s1. The summed E-state index contributed by atoms with van der Waals surface area (Å²) >= 11 is 0. The molecule has 2 rings (SSSR count). The molecule has 29 heavy (non-hydrogen) atoms. The minimum absolute atomic E-state index is 0.203. The van der Waals surface area contributed by atoms with Gasteiger partial charge < -0.3 is 26.8 Å². The SMILES string of the molecule is CC(=O)[C@H](CCN)NC(=O)[C@@H](NC(=O)[C@@H]1CNC[C@@H](C2CCCCC2)C1)[C@H](C)O. The molecule has 0 spiro atoms. The molecule has 0 bridgehead atoms. The van der Waals surface area contributed by atoms with E-state index in [2.05, 4.69) is 16.0 Å². The summed E-state index contributed by atoms with van der Waals surface area (Å²) in [6.07, 6.45) is 6.34. The normalized spacial score (nSPS) is 26.2.